The fourth-order valence-corrected chi connectivity index (χ4v) is 13.5. The number of aromatic nitrogens is 4. The minimum atomic E-state index is -1.16. The van der Waals surface area contributed by atoms with Crippen LogP contribution in [0.2, 0.25) is 0 Å². The number of carbonyl (C=O) groups excluding carboxylic acids is 4. The van der Waals surface area contributed by atoms with Crippen LogP contribution in [0.5, 0.6) is 57.5 Å². The van der Waals surface area contributed by atoms with E-state index < -0.39 is 148 Å². The van der Waals surface area contributed by atoms with Crippen LogP contribution in [-0.2, 0) is 60.8 Å². The van der Waals surface area contributed by atoms with E-state index >= 15 is 0 Å². The number of hydrogen-bond donors (Lipinski definition) is 17. The number of phenolic OH excluding ortho intramolecular Hbond substituents is 10. The largest absolute Gasteiger partial charge is 0.504 e. The number of benzene rings is 8. The van der Waals surface area contributed by atoms with Crippen molar-refractivity contribution in [3.05, 3.63) is 288 Å². The minimum absolute atomic E-state index is 0.0169. The van der Waals surface area contributed by atoms with Crippen LogP contribution in [0.15, 0.2) is 183 Å². The summed E-state index contributed by atoms with van der Waals surface area (Å²) in [6.45, 7) is 7.81. The number of aryl methyl sites for hydroxylation is 5. The zero-order valence-corrected chi connectivity index (χ0v) is 70.5. The van der Waals surface area contributed by atoms with Crippen molar-refractivity contribution in [1.29, 1.82) is 0 Å². The Labute approximate surface area is 752 Å². The van der Waals surface area contributed by atoms with Gasteiger partial charge < -0.3 is 97.3 Å². The number of morpholine rings is 1. The number of phenols is 10. The molecule has 688 valence electrons. The summed E-state index contributed by atoms with van der Waals surface area (Å²) in [6, 6.07) is 35.8. The lowest BCUT2D eigenvalue weighted by atomic mass is 10.1. The Morgan fingerprint density at radius 1 is 0.414 bits per heavy atom. The van der Waals surface area contributed by atoms with Crippen molar-refractivity contribution >= 4 is 110 Å². The maximum absolute atomic E-state index is 12.5. The lowest BCUT2D eigenvalue weighted by molar-refractivity contribution is -0.385. The number of nitro groups is 5. The van der Waals surface area contributed by atoms with Crippen LogP contribution in [0.3, 0.4) is 0 Å². The van der Waals surface area contributed by atoms with Crippen LogP contribution in [-0.4, -0.2) is 179 Å². The first kappa shape index (κ1) is 98.7. The van der Waals surface area contributed by atoms with Gasteiger partial charge in [-0.15, -0.1) is 11.3 Å². The van der Waals surface area contributed by atoms with Gasteiger partial charge in [0.05, 0.1) is 110 Å². The second kappa shape index (κ2) is 44.9. The van der Waals surface area contributed by atoms with Crippen molar-refractivity contribution in [2.45, 2.75) is 65.7 Å². The van der Waals surface area contributed by atoms with E-state index in [1.54, 1.807) is 62.5 Å². The summed E-state index contributed by atoms with van der Waals surface area (Å²) in [4.78, 5) is 153. The minimum Gasteiger partial charge on any atom is -0.504 e. The Hall–Kier alpha value is -18.1. The quantitative estimate of drug-likeness (QED) is 0.0129. The highest BCUT2D eigenvalue weighted by Crippen LogP contribution is 2.42. The van der Waals surface area contributed by atoms with Gasteiger partial charge in [0.15, 0.2) is 69.1 Å². The lowest BCUT2D eigenvalue weighted by Gasteiger charge is -2.29. The number of thiophene rings is 1. The van der Waals surface area contributed by atoms with Crippen molar-refractivity contribution in [3.63, 3.8) is 0 Å². The van der Waals surface area contributed by atoms with Crippen LogP contribution in [0.25, 0.3) is 33.0 Å². The van der Waals surface area contributed by atoms with Gasteiger partial charge in [-0.1, -0.05) is 36.4 Å². The zero-order chi connectivity index (χ0) is 97.4. The van der Waals surface area contributed by atoms with Crippen molar-refractivity contribution in [1.82, 2.24) is 19.9 Å². The molecule has 46 heteroatoms. The van der Waals surface area contributed by atoms with E-state index in [4.69, 9.17) is 20.1 Å². The molecule has 1 saturated heterocycles. The van der Waals surface area contributed by atoms with Gasteiger partial charge in [-0.3, -0.25) is 74.5 Å². The molecule has 4 amide bonds. The standard InChI is InChI=1S/C19H15N3O7S.C18H20N4O6.C17H13N3O4.C17H16N2O7.C16H14N2O7/c23-14-8-11(22(28)29)6-10(18(14)27)7-16(24)21-19-13(2-1-5-20-19)15-4-3-12(30-15)9-17(25)26;23-15-11-13(22(26)27)10-12(17(15)25)3-4-16(24)20-14-2-1-5-19-18(14)21-6-8-28-9-7-21;1-10-4-2-3-5-12(10)17-18-8-11(9-19-17)13-6-15(21)16(22)7-14(13)20(23)24;1-9-2-3-11(17(23)24)7-13(9)18-15(21)5-4-10-6-12(19(25)26)8-14(20)16(10)22;1-8-2-3-9(16(22)23)5-12(8)17-14(20)6-10-4-11(18(24)25)7-13(19)15(10)21/h1-6,8,23,27H,7,9H2,(H,25,26)(H,20,21,24);1-2,5,10-11,23,25H,3-4,6-9H2,(H,20,24);2-9,21-22H,1H3;2-3,6-8,20,22H,4-5H2,1H3,(H,18,21)(H,23,24);2-5,7,19,21H,6H2,1H3,(H,17,20)(H,22,23). The van der Waals surface area contributed by atoms with Crippen LogP contribution in [0.4, 0.5) is 57.1 Å². The molecule has 17 N–H and O–H groups in total. The molecule has 5 heterocycles. The van der Waals surface area contributed by atoms with E-state index in [0.717, 1.165) is 71.8 Å². The Bertz CT molecular complexity index is 6510. The molecule has 0 saturated carbocycles. The van der Waals surface area contributed by atoms with Crippen molar-refractivity contribution in [2.75, 3.05) is 52.5 Å². The van der Waals surface area contributed by atoms with Gasteiger partial charge in [0, 0.05) is 135 Å². The van der Waals surface area contributed by atoms with Crippen LogP contribution in [0.1, 0.15) is 77.4 Å². The molecule has 0 bridgehead atoms. The highest BCUT2D eigenvalue weighted by Gasteiger charge is 2.27. The summed E-state index contributed by atoms with van der Waals surface area (Å²) in [6.07, 6.45) is 4.81. The molecule has 1 aliphatic heterocycles. The number of nitro benzene ring substituents is 5. The molecule has 0 atom stereocenters. The zero-order valence-electron chi connectivity index (χ0n) is 69.6. The van der Waals surface area contributed by atoms with E-state index in [0.29, 0.717) is 81.3 Å². The predicted molar refractivity (Wildman–Crippen MR) is 474 cm³/mol. The van der Waals surface area contributed by atoms with E-state index in [1.165, 1.54) is 60.3 Å². The summed E-state index contributed by atoms with van der Waals surface area (Å²) < 4.78 is 5.33. The summed E-state index contributed by atoms with van der Waals surface area (Å²) in [7, 11) is 0. The number of anilines is 5. The van der Waals surface area contributed by atoms with Crippen molar-refractivity contribution in [2.24, 2.45) is 0 Å². The Kier molecular flexibility index (Phi) is 33.3. The number of amides is 4. The number of aromatic hydroxyl groups is 10. The molecule has 1 fully saturated rings. The maximum Gasteiger partial charge on any atom is 0.335 e. The second-order valence-electron chi connectivity index (χ2n) is 28.6. The lowest BCUT2D eigenvalue weighted by Crippen LogP contribution is -2.37. The first-order valence-corrected chi connectivity index (χ1v) is 39.6. The maximum atomic E-state index is 12.5. The highest BCUT2D eigenvalue weighted by atomic mass is 32.1. The Morgan fingerprint density at radius 2 is 0.842 bits per heavy atom. The first-order valence-electron chi connectivity index (χ1n) is 38.8. The van der Waals surface area contributed by atoms with Gasteiger partial charge in [-0.2, -0.15) is 0 Å². The number of nitrogens with one attached hydrogen (secondary N) is 4. The van der Waals surface area contributed by atoms with E-state index in [1.807, 2.05) is 36.1 Å². The number of carboxylic acids is 3. The molecule has 0 aliphatic carbocycles. The summed E-state index contributed by atoms with van der Waals surface area (Å²) in [5, 5.41) is 189. The van der Waals surface area contributed by atoms with E-state index in [2.05, 4.69) is 41.2 Å². The molecule has 45 nitrogen and oxygen atoms in total. The number of rotatable bonds is 27. The van der Waals surface area contributed by atoms with Gasteiger partial charge in [0.25, 0.3) is 28.4 Å². The molecule has 133 heavy (non-hydrogen) atoms. The van der Waals surface area contributed by atoms with Crippen LogP contribution in [0, 0.1) is 71.3 Å². The predicted octanol–water partition coefficient (Wildman–Crippen LogP) is 13.0. The molecule has 0 radical (unpaired) electrons. The van der Waals surface area contributed by atoms with Crippen molar-refractivity contribution in [3.8, 4) is 90.5 Å². The molecule has 4 aromatic heterocycles. The third kappa shape index (κ3) is 27.0. The van der Waals surface area contributed by atoms with Gasteiger partial charge in [-0.05, 0) is 117 Å². The van der Waals surface area contributed by atoms with E-state index in [9.17, 15) is 135 Å². The van der Waals surface area contributed by atoms with Crippen LogP contribution >= 0.6 is 11.3 Å². The number of hydrogen-bond acceptors (Lipinski definition) is 34. The number of aromatic carboxylic acids is 2. The fourth-order valence-electron chi connectivity index (χ4n) is 12.5. The molecule has 13 rings (SSSR count). The number of carbonyl (C=O) groups is 7. The smallest absolute Gasteiger partial charge is 0.335 e. The molecule has 12 aromatic rings. The highest BCUT2D eigenvalue weighted by molar-refractivity contribution is 7.15. The van der Waals surface area contributed by atoms with Gasteiger partial charge in [0.2, 0.25) is 23.6 Å². The molecule has 0 unspecified atom stereocenters. The second-order valence-corrected chi connectivity index (χ2v) is 29.7. The summed E-state index contributed by atoms with van der Waals surface area (Å²) in [5.41, 5.74) is 3.31. The average molecular weight is 1850 g/mol. The molecular formula is C87H78N14O31S. The number of pyridine rings is 2. The molecular weight excluding hydrogens is 1770 g/mol. The Balaban J connectivity index is 0.000000187. The van der Waals surface area contributed by atoms with E-state index in [-0.39, 0.29) is 99.8 Å². The number of nitrogens with zero attached hydrogens (tertiary/aromatic N) is 10. The first-order chi connectivity index (χ1) is 63.0. The molecule has 8 aromatic carbocycles. The topological polar surface area (TPSA) is 710 Å². The SMILES string of the molecule is Cc1ccc(C(=O)O)cc1NC(=O)CCc1cc([N+](=O)[O-])cc(O)c1O.Cc1ccc(C(=O)O)cc1NC(=O)Cc1cc([N+](=O)[O-])cc(O)c1O.Cc1ccccc1-c1ncc(-c2cc(O)c(O)cc2[N+](=O)[O-])cn1.O=C(CCc1cc([N+](=O)[O-])cc(O)c1O)Nc1cccnc1N1CCOCC1.O=C(O)Cc1ccc(-c2cccnc2NC(=O)Cc2cc([N+](=O)[O-])cc(O)c2O)s1. The fraction of sp³-hybridized carbons (Fsp3) is 0.161. The normalized spacial score (nSPS) is 11.2. The number of aliphatic carboxylic acids is 1. The summed E-state index contributed by atoms with van der Waals surface area (Å²) >= 11 is 1.25. The molecule has 0 spiro atoms. The third-order valence-corrected chi connectivity index (χ3v) is 20.4. The summed E-state index contributed by atoms with van der Waals surface area (Å²) in [5.74, 6) is -9.81. The number of carboxylic acid groups (broad SMARTS) is 3. The van der Waals surface area contributed by atoms with Crippen molar-refractivity contribution < 1.29 is 129 Å². The number of non-ortho nitro benzene ring substituents is 4. The van der Waals surface area contributed by atoms with Crippen LogP contribution < -0.4 is 26.2 Å². The molecule has 1 aliphatic rings. The Morgan fingerprint density at radius 3 is 1.31 bits per heavy atom. The third-order valence-electron chi connectivity index (χ3n) is 19.2. The van der Waals surface area contributed by atoms with Gasteiger partial charge in [-0.25, -0.2) is 29.5 Å². The number of ether oxygens (including phenoxy) is 1. The van der Waals surface area contributed by atoms with Gasteiger partial charge >= 0.3 is 17.9 Å². The van der Waals surface area contributed by atoms with Gasteiger partial charge in [0.1, 0.15) is 5.82 Å². The monoisotopic (exact) mass is 1850 g/mol. The average Bonchev–Trinajstić information content (AvgIpc) is 1.12.